The van der Waals surface area contributed by atoms with Crippen LogP contribution in [-0.4, -0.2) is 34.0 Å². The average molecular weight is 301 g/mol. The van der Waals surface area contributed by atoms with Gasteiger partial charge < -0.3 is 10.0 Å². The highest BCUT2D eigenvalue weighted by molar-refractivity contribution is 5.98. The lowest BCUT2D eigenvalue weighted by Crippen LogP contribution is -2.57. The molecule has 1 N–H and O–H groups in total. The molecular weight excluding hydrogens is 287 g/mol. The van der Waals surface area contributed by atoms with Crippen LogP contribution in [-0.2, 0) is 4.79 Å². The highest BCUT2D eigenvalue weighted by atomic mass is 19.2. The lowest BCUT2D eigenvalue weighted by molar-refractivity contribution is -0.150. The minimum Gasteiger partial charge on any atom is -0.480 e. The summed E-state index contributed by atoms with van der Waals surface area (Å²) in [6.07, 6.45) is 1.41. The molecule has 1 saturated heterocycles. The van der Waals surface area contributed by atoms with Gasteiger partial charge in [-0.2, -0.15) is 0 Å². The molecule has 114 valence electrons. The first-order chi connectivity index (χ1) is 9.79. The molecular formula is C14H14F3NO3. The maximum atomic E-state index is 13.7. The smallest absolute Gasteiger partial charge is 0.329 e. The number of amides is 1. The zero-order valence-corrected chi connectivity index (χ0v) is 11.3. The third-order valence-corrected chi connectivity index (χ3v) is 3.86. The molecule has 0 bridgehead atoms. The standard InChI is InChI=1S/C14H14F3NO3/c1-14(13(20)21)6-2-3-7-18(14)12(19)8-4-5-9(15)11(17)10(8)16/h4-5H,2-3,6-7H2,1H3,(H,20,21). The van der Waals surface area contributed by atoms with Gasteiger partial charge in [-0.15, -0.1) is 0 Å². The topological polar surface area (TPSA) is 57.6 Å². The van der Waals surface area contributed by atoms with E-state index in [1.165, 1.54) is 6.92 Å². The molecule has 0 aliphatic carbocycles. The van der Waals surface area contributed by atoms with Crippen molar-refractivity contribution in [2.24, 2.45) is 0 Å². The van der Waals surface area contributed by atoms with Crippen LogP contribution in [0.1, 0.15) is 36.5 Å². The quantitative estimate of drug-likeness (QED) is 0.854. The number of likely N-dealkylation sites (tertiary alicyclic amines) is 1. The van der Waals surface area contributed by atoms with Gasteiger partial charge in [0.15, 0.2) is 17.5 Å². The van der Waals surface area contributed by atoms with Gasteiger partial charge >= 0.3 is 5.97 Å². The SMILES string of the molecule is CC1(C(=O)O)CCCCN1C(=O)c1ccc(F)c(F)c1F. The van der Waals surface area contributed by atoms with E-state index < -0.39 is 40.4 Å². The number of carboxylic acid groups (broad SMARTS) is 1. The minimum absolute atomic E-state index is 0.125. The Morgan fingerprint density at radius 1 is 1.19 bits per heavy atom. The summed E-state index contributed by atoms with van der Waals surface area (Å²) in [5.74, 6) is -6.90. The number of hydrogen-bond acceptors (Lipinski definition) is 2. The largest absolute Gasteiger partial charge is 0.480 e. The van der Waals surface area contributed by atoms with Crippen LogP contribution >= 0.6 is 0 Å². The highest BCUT2D eigenvalue weighted by Gasteiger charge is 2.44. The van der Waals surface area contributed by atoms with Crippen molar-refractivity contribution in [3.63, 3.8) is 0 Å². The molecule has 1 fully saturated rings. The molecule has 1 atom stereocenters. The van der Waals surface area contributed by atoms with Crippen molar-refractivity contribution in [2.45, 2.75) is 31.7 Å². The van der Waals surface area contributed by atoms with Crippen molar-refractivity contribution in [3.05, 3.63) is 35.1 Å². The number of halogens is 3. The Bertz CT molecular complexity index is 605. The molecule has 1 aliphatic heterocycles. The number of piperidine rings is 1. The van der Waals surface area contributed by atoms with Crippen molar-refractivity contribution >= 4 is 11.9 Å². The van der Waals surface area contributed by atoms with Crippen LogP contribution in [0.4, 0.5) is 13.2 Å². The fraction of sp³-hybridized carbons (Fsp3) is 0.429. The molecule has 21 heavy (non-hydrogen) atoms. The molecule has 1 aromatic rings. The second-order valence-electron chi connectivity index (χ2n) is 5.22. The third-order valence-electron chi connectivity index (χ3n) is 3.86. The summed E-state index contributed by atoms with van der Waals surface area (Å²) in [5, 5.41) is 9.31. The molecule has 0 saturated carbocycles. The average Bonchev–Trinajstić information content (AvgIpc) is 2.44. The van der Waals surface area contributed by atoms with Crippen LogP contribution in [0.3, 0.4) is 0 Å². The summed E-state index contributed by atoms with van der Waals surface area (Å²) in [5.41, 5.74) is -2.14. The van der Waals surface area contributed by atoms with E-state index in [2.05, 4.69) is 0 Å². The van der Waals surface area contributed by atoms with E-state index in [1.54, 1.807) is 0 Å². The number of carboxylic acids is 1. The Morgan fingerprint density at radius 3 is 2.48 bits per heavy atom. The van der Waals surface area contributed by atoms with E-state index >= 15 is 0 Å². The zero-order chi connectivity index (χ0) is 15.8. The fourth-order valence-corrected chi connectivity index (χ4v) is 2.51. The summed E-state index contributed by atoms with van der Waals surface area (Å²) < 4.78 is 39.9. The van der Waals surface area contributed by atoms with Gasteiger partial charge in [0.1, 0.15) is 5.54 Å². The molecule has 2 rings (SSSR count). The molecule has 7 heteroatoms. The number of nitrogens with zero attached hydrogens (tertiary/aromatic N) is 1. The lowest BCUT2D eigenvalue weighted by atomic mass is 9.87. The lowest BCUT2D eigenvalue weighted by Gasteiger charge is -2.41. The van der Waals surface area contributed by atoms with Crippen LogP contribution in [0.15, 0.2) is 12.1 Å². The van der Waals surface area contributed by atoms with Crippen LogP contribution in [0.5, 0.6) is 0 Å². The molecule has 1 heterocycles. The van der Waals surface area contributed by atoms with Crippen LogP contribution in [0.2, 0.25) is 0 Å². The maximum absolute atomic E-state index is 13.7. The van der Waals surface area contributed by atoms with E-state index in [1.807, 2.05) is 0 Å². The number of aliphatic carboxylic acids is 1. The van der Waals surface area contributed by atoms with Gasteiger partial charge in [-0.3, -0.25) is 4.79 Å². The first kappa shape index (κ1) is 15.3. The molecule has 0 radical (unpaired) electrons. The van der Waals surface area contributed by atoms with Gasteiger partial charge in [0.2, 0.25) is 0 Å². The Kier molecular flexibility index (Phi) is 3.93. The first-order valence-electron chi connectivity index (χ1n) is 6.48. The second kappa shape index (κ2) is 5.38. The van der Waals surface area contributed by atoms with E-state index in [-0.39, 0.29) is 13.0 Å². The second-order valence-corrected chi connectivity index (χ2v) is 5.22. The molecule has 0 aromatic heterocycles. The maximum Gasteiger partial charge on any atom is 0.329 e. The Labute approximate surface area is 119 Å². The highest BCUT2D eigenvalue weighted by Crippen LogP contribution is 2.30. The number of carbonyl (C=O) groups is 2. The monoisotopic (exact) mass is 301 g/mol. The van der Waals surface area contributed by atoms with E-state index in [4.69, 9.17) is 0 Å². The summed E-state index contributed by atoms with van der Waals surface area (Å²) in [6, 6.07) is 1.47. The normalized spacial score (nSPS) is 22.2. The van der Waals surface area contributed by atoms with E-state index in [0.29, 0.717) is 18.9 Å². The van der Waals surface area contributed by atoms with Gasteiger partial charge in [0.05, 0.1) is 5.56 Å². The van der Waals surface area contributed by atoms with Gasteiger partial charge in [0.25, 0.3) is 5.91 Å². The van der Waals surface area contributed by atoms with Gasteiger partial charge in [-0.25, -0.2) is 18.0 Å². The first-order valence-corrected chi connectivity index (χ1v) is 6.48. The third kappa shape index (κ3) is 2.48. The molecule has 1 unspecified atom stereocenters. The molecule has 1 amide bonds. The molecule has 1 aliphatic rings. The number of carbonyl (C=O) groups excluding carboxylic acids is 1. The van der Waals surface area contributed by atoms with Crippen LogP contribution in [0.25, 0.3) is 0 Å². The molecule has 4 nitrogen and oxygen atoms in total. The van der Waals surface area contributed by atoms with Crippen molar-refractivity contribution in [3.8, 4) is 0 Å². The van der Waals surface area contributed by atoms with E-state index in [0.717, 1.165) is 11.0 Å². The Balaban J connectivity index is 2.43. The summed E-state index contributed by atoms with van der Waals surface area (Å²) >= 11 is 0. The zero-order valence-electron chi connectivity index (χ0n) is 11.3. The number of hydrogen-bond donors (Lipinski definition) is 1. The summed E-state index contributed by atoms with van der Waals surface area (Å²) in [4.78, 5) is 24.8. The Morgan fingerprint density at radius 2 is 1.86 bits per heavy atom. The minimum atomic E-state index is -1.74. The summed E-state index contributed by atoms with van der Waals surface area (Å²) in [7, 11) is 0. The van der Waals surface area contributed by atoms with Gasteiger partial charge in [-0.05, 0) is 38.3 Å². The predicted molar refractivity (Wildman–Crippen MR) is 67.2 cm³/mol. The van der Waals surface area contributed by atoms with E-state index in [9.17, 15) is 27.9 Å². The fourth-order valence-electron chi connectivity index (χ4n) is 2.51. The predicted octanol–water partition coefficient (Wildman–Crippen LogP) is 2.57. The van der Waals surface area contributed by atoms with Crippen LogP contribution in [0, 0.1) is 17.5 Å². The van der Waals surface area contributed by atoms with Gasteiger partial charge in [0, 0.05) is 6.54 Å². The van der Waals surface area contributed by atoms with Crippen LogP contribution < -0.4 is 0 Å². The number of rotatable bonds is 2. The van der Waals surface area contributed by atoms with Crippen molar-refractivity contribution in [2.75, 3.05) is 6.54 Å². The summed E-state index contributed by atoms with van der Waals surface area (Å²) in [6.45, 7) is 1.49. The number of benzene rings is 1. The molecule has 1 aromatic carbocycles. The van der Waals surface area contributed by atoms with Gasteiger partial charge in [-0.1, -0.05) is 0 Å². The van der Waals surface area contributed by atoms with Crippen molar-refractivity contribution < 1.29 is 27.9 Å². The molecule has 0 spiro atoms. The van der Waals surface area contributed by atoms with Crippen molar-refractivity contribution in [1.82, 2.24) is 4.90 Å². The Hall–Kier alpha value is -2.05. The van der Waals surface area contributed by atoms with Crippen molar-refractivity contribution in [1.29, 1.82) is 0 Å².